The van der Waals surface area contributed by atoms with Gasteiger partial charge in [0, 0.05) is 16.3 Å². The van der Waals surface area contributed by atoms with E-state index in [-0.39, 0.29) is 0 Å². The van der Waals surface area contributed by atoms with Gasteiger partial charge in [-0.3, -0.25) is 0 Å². The summed E-state index contributed by atoms with van der Waals surface area (Å²) in [6.45, 7) is 12.9. The highest BCUT2D eigenvalue weighted by molar-refractivity contribution is 7.10. The Balaban J connectivity index is 2.24. The number of thiophene rings is 1. The van der Waals surface area contributed by atoms with Crippen LogP contribution in [0.15, 0.2) is 11.4 Å². The monoisotopic (exact) mass is 279 g/mol. The molecule has 3 unspecified atom stereocenters. The maximum atomic E-state index is 3.76. The van der Waals surface area contributed by atoms with Gasteiger partial charge in [-0.15, -0.1) is 11.3 Å². The largest absolute Gasteiger partial charge is 0.314 e. The Morgan fingerprint density at radius 3 is 2.68 bits per heavy atom. The van der Waals surface area contributed by atoms with Gasteiger partial charge in [0.05, 0.1) is 0 Å². The molecule has 1 fully saturated rings. The molecule has 2 heteroatoms. The van der Waals surface area contributed by atoms with E-state index in [2.05, 4.69) is 51.4 Å². The zero-order chi connectivity index (χ0) is 14.0. The molecular formula is C17H29NS. The summed E-state index contributed by atoms with van der Waals surface area (Å²) >= 11 is 1.94. The van der Waals surface area contributed by atoms with Crippen molar-refractivity contribution in [3.63, 3.8) is 0 Å². The second-order valence-corrected chi connectivity index (χ2v) is 7.76. The summed E-state index contributed by atoms with van der Waals surface area (Å²) in [4.78, 5) is 1.59. The minimum absolute atomic E-state index is 0.297. The van der Waals surface area contributed by atoms with Crippen LogP contribution in [-0.2, 0) is 5.41 Å². The van der Waals surface area contributed by atoms with Crippen LogP contribution in [0.3, 0.4) is 0 Å². The standard InChI is InChI=1S/C17H29NS/c1-6-18-15-11-12(2)7-8-14(15)17(4,5)16-13(3)9-10-19-16/h9-10,12,14-15,18H,6-8,11H2,1-5H3. The molecule has 1 heterocycles. The van der Waals surface area contributed by atoms with Crippen LogP contribution in [0.4, 0.5) is 0 Å². The number of rotatable bonds is 4. The minimum atomic E-state index is 0.297. The van der Waals surface area contributed by atoms with E-state index < -0.39 is 0 Å². The lowest BCUT2D eigenvalue weighted by atomic mass is 9.65. The molecule has 0 amide bonds. The van der Waals surface area contributed by atoms with Gasteiger partial charge in [0.2, 0.25) is 0 Å². The van der Waals surface area contributed by atoms with Gasteiger partial charge >= 0.3 is 0 Å². The van der Waals surface area contributed by atoms with Gasteiger partial charge in [0.1, 0.15) is 0 Å². The van der Waals surface area contributed by atoms with E-state index >= 15 is 0 Å². The molecule has 1 N–H and O–H groups in total. The molecule has 3 atom stereocenters. The molecule has 19 heavy (non-hydrogen) atoms. The Morgan fingerprint density at radius 2 is 2.11 bits per heavy atom. The van der Waals surface area contributed by atoms with Crippen LogP contribution in [0.5, 0.6) is 0 Å². The third kappa shape index (κ3) is 3.05. The molecule has 0 radical (unpaired) electrons. The summed E-state index contributed by atoms with van der Waals surface area (Å²) in [5.74, 6) is 1.64. The molecule has 1 aliphatic carbocycles. The van der Waals surface area contributed by atoms with E-state index in [0.717, 1.165) is 18.4 Å². The average Bonchev–Trinajstić information content (AvgIpc) is 2.76. The first kappa shape index (κ1) is 15.1. The molecular weight excluding hydrogens is 250 g/mol. The third-order valence-corrected chi connectivity index (χ3v) is 6.31. The van der Waals surface area contributed by atoms with E-state index in [1.165, 1.54) is 24.8 Å². The smallest absolute Gasteiger partial charge is 0.0134 e. The van der Waals surface area contributed by atoms with E-state index in [4.69, 9.17) is 0 Å². The highest BCUT2D eigenvalue weighted by Crippen LogP contribution is 2.44. The molecule has 1 aromatic heterocycles. The highest BCUT2D eigenvalue weighted by atomic mass is 32.1. The summed E-state index contributed by atoms with van der Waals surface area (Å²) in [7, 11) is 0. The Morgan fingerprint density at radius 1 is 1.37 bits per heavy atom. The molecule has 0 aliphatic heterocycles. The van der Waals surface area contributed by atoms with Gasteiger partial charge in [-0.25, -0.2) is 0 Å². The lowest BCUT2D eigenvalue weighted by Gasteiger charge is -2.44. The van der Waals surface area contributed by atoms with Crippen molar-refractivity contribution < 1.29 is 0 Å². The van der Waals surface area contributed by atoms with Crippen molar-refractivity contribution in [1.29, 1.82) is 0 Å². The van der Waals surface area contributed by atoms with E-state index in [1.54, 1.807) is 4.88 Å². The second-order valence-electron chi connectivity index (χ2n) is 6.84. The summed E-state index contributed by atoms with van der Waals surface area (Å²) in [6, 6.07) is 2.96. The predicted molar refractivity (Wildman–Crippen MR) is 86.1 cm³/mol. The zero-order valence-corrected chi connectivity index (χ0v) is 13.9. The number of hydrogen-bond acceptors (Lipinski definition) is 2. The van der Waals surface area contributed by atoms with E-state index in [9.17, 15) is 0 Å². The van der Waals surface area contributed by atoms with Crippen LogP contribution >= 0.6 is 11.3 Å². The van der Waals surface area contributed by atoms with Crippen LogP contribution in [-0.4, -0.2) is 12.6 Å². The molecule has 2 rings (SSSR count). The number of nitrogens with one attached hydrogen (secondary N) is 1. The maximum Gasteiger partial charge on any atom is 0.0134 e. The quantitative estimate of drug-likeness (QED) is 0.839. The van der Waals surface area contributed by atoms with Crippen molar-refractivity contribution in [2.45, 2.75) is 65.3 Å². The molecule has 0 aromatic carbocycles. The average molecular weight is 279 g/mol. The Labute approximate surface area is 122 Å². The summed E-state index contributed by atoms with van der Waals surface area (Å²) in [6.07, 6.45) is 4.09. The SMILES string of the molecule is CCNC1CC(C)CCC1C(C)(C)c1sccc1C. The molecule has 1 aliphatic rings. The highest BCUT2D eigenvalue weighted by Gasteiger charge is 2.40. The maximum absolute atomic E-state index is 3.76. The van der Waals surface area contributed by atoms with Crippen molar-refractivity contribution in [2.75, 3.05) is 6.54 Å². The van der Waals surface area contributed by atoms with Crippen LogP contribution in [0.2, 0.25) is 0 Å². The summed E-state index contributed by atoms with van der Waals surface area (Å²) < 4.78 is 0. The van der Waals surface area contributed by atoms with E-state index in [1.807, 2.05) is 11.3 Å². The van der Waals surface area contributed by atoms with Gasteiger partial charge in [-0.2, -0.15) is 0 Å². The Hall–Kier alpha value is -0.340. The molecule has 1 saturated carbocycles. The molecule has 1 aromatic rings. The fourth-order valence-electron chi connectivity index (χ4n) is 3.93. The van der Waals surface area contributed by atoms with Gasteiger partial charge in [-0.1, -0.05) is 34.1 Å². The Kier molecular flexibility index (Phi) is 4.73. The fraction of sp³-hybridized carbons (Fsp3) is 0.765. The first-order valence-electron chi connectivity index (χ1n) is 7.74. The van der Waals surface area contributed by atoms with Crippen molar-refractivity contribution in [2.24, 2.45) is 11.8 Å². The lowest BCUT2D eigenvalue weighted by molar-refractivity contribution is 0.148. The number of hydrogen-bond donors (Lipinski definition) is 1. The van der Waals surface area contributed by atoms with Crippen LogP contribution < -0.4 is 5.32 Å². The number of aryl methyl sites for hydroxylation is 1. The summed E-state index contributed by atoms with van der Waals surface area (Å²) in [5.41, 5.74) is 1.77. The first-order chi connectivity index (χ1) is 8.96. The minimum Gasteiger partial charge on any atom is -0.314 e. The molecule has 0 bridgehead atoms. The molecule has 0 saturated heterocycles. The van der Waals surface area contributed by atoms with Crippen LogP contribution in [0.1, 0.15) is 57.4 Å². The van der Waals surface area contributed by atoms with Gasteiger partial charge in [-0.05, 0) is 55.2 Å². The third-order valence-electron chi connectivity index (χ3n) is 4.95. The lowest BCUT2D eigenvalue weighted by Crippen LogP contribution is -2.48. The Bertz CT molecular complexity index is 407. The van der Waals surface area contributed by atoms with Crippen molar-refractivity contribution in [3.05, 3.63) is 21.9 Å². The van der Waals surface area contributed by atoms with Crippen LogP contribution in [0.25, 0.3) is 0 Å². The van der Waals surface area contributed by atoms with Gasteiger partial charge in [0.25, 0.3) is 0 Å². The van der Waals surface area contributed by atoms with Crippen molar-refractivity contribution in [3.8, 4) is 0 Å². The van der Waals surface area contributed by atoms with Crippen molar-refractivity contribution >= 4 is 11.3 Å². The zero-order valence-electron chi connectivity index (χ0n) is 13.1. The van der Waals surface area contributed by atoms with Crippen molar-refractivity contribution in [1.82, 2.24) is 5.32 Å². The fourth-order valence-corrected chi connectivity index (χ4v) is 5.05. The predicted octanol–water partition coefficient (Wildman–Crippen LogP) is 4.75. The normalized spacial score (nSPS) is 28.6. The van der Waals surface area contributed by atoms with Crippen LogP contribution in [0, 0.1) is 18.8 Å². The molecule has 108 valence electrons. The van der Waals surface area contributed by atoms with Gasteiger partial charge in [0.15, 0.2) is 0 Å². The summed E-state index contributed by atoms with van der Waals surface area (Å²) in [5, 5.41) is 6.01. The van der Waals surface area contributed by atoms with Gasteiger partial charge < -0.3 is 5.32 Å². The first-order valence-corrected chi connectivity index (χ1v) is 8.62. The second kappa shape index (κ2) is 5.97. The topological polar surface area (TPSA) is 12.0 Å². The van der Waals surface area contributed by atoms with E-state index in [0.29, 0.717) is 11.5 Å². The molecule has 0 spiro atoms. The molecule has 1 nitrogen and oxygen atoms in total.